The van der Waals surface area contributed by atoms with Gasteiger partial charge in [-0.1, -0.05) is 12.8 Å². The molecule has 3 saturated heterocycles. The van der Waals surface area contributed by atoms with Gasteiger partial charge in [0.1, 0.15) is 12.1 Å². The van der Waals surface area contributed by atoms with Gasteiger partial charge >= 0.3 is 5.97 Å². The number of hydrogen-bond donors (Lipinski definition) is 0. The maximum Gasteiger partial charge on any atom is 0.309 e. The van der Waals surface area contributed by atoms with Crippen LogP contribution in [0.4, 0.5) is 0 Å². The zero-order chi connectivity index (χ0) is 14.9. The third-order valence-electron chi connectivity index (χ3n) is 5.45. The summed E-state index contributed by atoms with van der Waals surface area (Å²) in [4.78, 5) is 27.0. The lowest BCUT2D eigenvalue weighted by molar-refractivity contribution is -0.169. The summed E-state index contributed by atoms with van der Waals surface area (Å²) in [6.45, 7) is 2.28. The average molecular weight is 295 g/mol. The average Bonchev–Trinajstić information content (AvgIpc) is 3.04. The van der Waals surface area contributed by atoms with E-state index < -0.39 is 5.54 Å². The summed E-state index contributed by atoms with van der Waals surface area (Å²) in [5.41, 5.74) is -0.732. The molecule has 0 amide bonds. The van der Waals surface area contributed by atoms with Crippen molar-refractivity contribution in [3.8, 4) is 0 Å². The number of fused-ring (bicyclic) bond motifs is 3. The van der Waals surface area contributed by atoms with Crippen LogP contribution in [0.5, 0.6) is 0 Å². The maximum atomic E-state index is 12.7. The molecular formula is C16H25NO4. The highest BCUT2D eigenvalue weighted by Crippen LogP contribution is 2.37. The number of ether oxygens (including phenoxy) is 2. The van der Waals surface area contributed by atoms with Crippen LogP contribution in [0, 0.1) is 11.8 Å². The molecule has 0 radical (unpaired) electrons. The number of piperidine rings is 3. The molecule has 0 aromatic heterocycles. The first-order valence-corrected chi connectivity index (χ1v) is 8.12. The summed E-state index contributed by atoms with van der Waals surface area (Å²) in [6.07, 6.45) is 5.93. The molecule has 1 aliphatic carbocycles. The molecule has 1 saturated carbocycles. The van der Waals surface area contributed by atoms with Crippen LogP contribution in [-0.2, 0) is 19.1 Å². The second-order valence-corrected chi connectivity index (χ2v) is 6.68. The van der Waals surface area contributed by atoms with Gasteiger partial charge in [0.05, 0.1) is 12.5 Å². The Labute approximate surface area is 126 Å². The summed E-state index contributed by atoms with van der Waals surface area (Å²) in [7, 11) is 1.61. The van der Waals surface area contributed by atoms with E-state index >= 15 is 0 Å². The minimum atomic E-state index is -0.732. The van der Waals surface area contributed by atoms with E-state index in [2.05, 4.69) is 4.90 Å². The molecule has 0 aromatic carbocycles. The second-order valence-electron chi connectivity index (χ2n) is 6.68. The van der Waals surface area contributed by atoms with Crippen molar-refractivity contribution >= 4 is 11.8 Å². The number of carbonyl (C=O) groups excluding carboxylic acids is 2. The summed E-state index contributed by atoms with van der Waals surface area (Å²) >= 11 is 0. The van der Waals surface area contributed by atoms with Crippen LogP contribution in [0.3, 0.4) is 0 Å². The van der Waals surface area contributed by atoms with Crippen molar-refractivity contribution in [3.05, 3.63) is 0 Å². The zero-order valence-electron chi connectivity index (χ0n) is 12.8. The first kappa shape index (κ1) is 15.0. The van der Waals surface area contributed by atoms with E-state index in [0.717, 1.165) is 51.6 Å². The van der Waals surface area contributed by atoms with Crippen molar-refractivity contribution in [2.75, 3.05) is 33.4 Å². The molecule has 118 valence electrons. The third-order valence-corrected chi connectivity index (χ3v) is 5.45. The number of carbonyl (C=O) groups is 2. The molecule has 21 heavy (non-hydrogen) atoms. The van der Waals surface area contributed by atoms with Crippen LogP contribution in [0.25, 0.3) is 0 Å². The Morgan fingerprint density at radius 2 is 1.86 bits per heavy atom. The standard InChI is InChI=1S/C16H25NO4/c1-20-10-16(11-21-15(19)13-4-2-3-5-13)14(18)12-6-8-17(16)9-7-12/h12-13H,2-11H2,1H3. The minimum Gasteiger partial charge on any atom is -0.463 e. The number of ketones is 1. The fourth-order valence-electron chi connectivity index (χ4n) is 4.18. The van der Waals surface area contributed by atoms with Crippen LogP contribution in [0.15, 0.2) is 0 Å². The smallest absolute Gasteiger partial charge is 0.309 e. The van der Waals surface area contributed by atoms with E-state index in [9.17, 15) is 9.59 Å². The molecule has 0 spiro atoms. The van der Waals surface area contributed by atoms with E-state index in [-0.39, 0.29) is 30.2 Å². The predicted molar refractivity (Wildman–Crippen MR) is 76.8 cm³/mol. The number of esters is 1. The lowest BCUT2D eigenvalue weighted by Crippen LogP contribution is -2.69. The van der Waals surface area contributed by atoms with Gasteiger partial charge in [-0.2, -0.15) is 0 Å². The van der Waals surface area contributed by atoms with Gasteiger partial charge in [0.2, 0.25) is 0 Å². The van der Waals surface area contributed by atoms with Gasteiger partial charge in [-0.05, 0) is 25.7 Å². The minimum absolute atomic E-state index is 0.0375. The molecule has 4 rings (SSSR count). The van der Waals surface area contributed by atoms with Crippen LogP contribution < -0.4 is 0 Å². The lowest BCUT2D eigenvalue weighted by Gasteiger charge is -2.51. The highest BCUT2D eigenvalue weighted by atomic mass is 16.5. The highest BCUT2D eigenvalue weighted by molar-refractivity contribution is 5.92. The predicted octanol–water partition coefficient (Wildman–Crippen LogP) is 1.40. The van der Waals surface area contributed by atoms with Gasteiger partial charge in [0.25, 0.3) is 0 Å². The number of rotatable bonds is 5. The van der Waals surface area contributed by atoms with Crippen molar-refractivity contribution in [2.24, 2.45) is 11.8 Å². The Bertz CT molecular complexity index is 411. The molecule has 3 heterocycles. The Balaban J connectivity index is 1.69. The summed E-state index contributed by atoms with van der Waals surface area (Å²) < 4.78 is 10.9. The molecule has 4 aliphatic rings. The van der Waals surface area contributed by atoms with E-state index in [0.29, 0.717) is 6.61 Å². The first-order chi connectivity index (χ1) is 10.2. The van der Waals surface area contributed by atoms with Gasteiger partial charge < -0.3 is 9.47 Å². The van der Waals surface area contributed by atoms with Crippen molar-refractivity contribution in [1.82, 2.24) is 4.90 Å². The van der Waals surface area contributed by atoms with E-state index in [1.165, 1.54) is 0 Å². The zero-order valence-corrected chi connectivity index (χ0v) is 12.8. The molecule has 0 N–H and O–H groups in total. The fourth-order valence-corrected chi connectivity index (χ4v) is 4.18. The van der Waals surface area contributed by atoms with Crippen LogP contribution in [0.2, 0.25) is 0 Å². The highest BCUT2D eigenvalue weighted by Gasteiger charge is 2.54. The lowest BCUT2D eigenvalue weighted by atomic mass is 9.74. The van der Waals surface area contributed by atoms with Gasteiger partial charge in [0, 0.05) is 26.1 Å². The monoisotopic (exact) mass is 295 g/mol. The third kappa shape index (κ3) is 2.61. The van der Waals surface area contributed by atoms with Crippen molar-refractivity contribution in [1.29, 1.82) is 0 Å². The Morgan fingerprint density at radius 1 is 1.19 bits per heavy atom. The van der Waals surface area contributed by atoms with Gasteiger partial charge in [-0.3, -0.25) is 14.5 Å². The summed E-state index contributed by atoms with van der Waals surface area (Å²) in [6, 6.07) is 0. The van der Waals surface area contributed by atoms with Crippen LogP contribution >= 0.6 is 0 Å². The molecule has 0 aromatic rings. The van der Waals surface area contributed by atoms with Crippen molar-refractivity contribution in [2.45, 2.75) is 44.1 Å². The molecule has 4 fully saturated rings. The second kappa shape index (κ2) is 6.05. The quantitative estimate of drug-likeness (QED) is 0.718. The Hall–Kier alpha value is -0.940. The molecule has 5 nitrogen and oxygen atoms in total. The molecule has 3 aliphatic heterocycles. The molecule has 1 unspecified atom stereocenters. The van der Waals surface area contributed by atoms with Gasteiger partial charge in [-0.15, -0.1) is 0 Å². The van der Waals surface area contributed by atoms with E-state index in [1.54, 1.807) is 7.11 Å². The molecule has 2 bridgehead atoms. The van der Waals surface area contributed by atoms with E-state index in [1.807, 2.05) is 0 Å². The summed E-state index contributed by atoms with van der Waals surface area (Å²) in [5, 5.41) is 0. The van der Waals surface area contributed by atoms with Gasteiger partial charge in [-0.25, -0.2) is 0 Å². The van der Waals surface area contributed by atoms with E-state index in [4.69, 9.17) is 9.47 Å². The molecule has 5 heteroatoms. The van der Waals surface area contributed by atoms with Crippen molar-refractivity contribution < 1.29 is 19.1 Å². The van der Waals surface area contributed by atoms with Gasteiger partial charge in [0.15, 0.2) is 5.78 Å². The largest absolute Gasteiger partial charge is 0.463 e. The number of methoxy groups -OCH3 is 1. The normalized spacial score (nSPS) is 36.1. The van der Waals surface area contributed by atoms with Crippen molar-refractivity contribution in [3.63, 3.8) is 0 Å². The Morgan fingerprint density at radius 3 is 2.43 bits per heavy atom. The molecule has 1 atom stereocenters. The fraction of sp³-hybridized carbons (Fsp3) is 0.875. The Kier molecular flexibility index (Phi) is 4.31. The maximum absolute atomic E-state index is 12.7. The van der Waals surface area contributed by atoms with Crippen LogP contribution in [-0.4, -0.2) is 55.6 Å². The number of hydrogen-bond acceptors (Lipinski definition) is 5. The summed E-state index contributed by atoms with van der Waals surface area (Å²) in [5.74, 6) is 0.241. The molecular weight excluding hydrogens is 270 g/mol. The number of nitrogens with zero attached hydrogens (tertiary/aromatic N) is 1. The topological polar surface area (TPSA) is 55.8 Å². The number of Topliss-reactive ketones (excluding diaryl/α,β-unsaturated/α-hetero) is 1. The van der Waals surface area contributed by atoms with Crippen LogP contribution in [0.1, 0.15) is 38.5 Å². The first-order valence-electron chi connectivity index (χ1n) is 8.12. The SMILES string of the molecule is COCC1(COC(=O)C2CCCC2)C(=O)C2CCN1CC2.